The number of rotatable bonds is 3. The summed E-state index contributed by atoms with van der Waals surface area (Å²) in [6.07, 6.45) is 7.91. The summed E-state index contributed by atoms with van der Waals surface area (Å²) in [7, 11) is 1.91. The Morgan fingerprint density at radius 3 is 2.63 bits per heavy atom. The van der Waals surface area contributed by atoms with Crippen LogP contribution in [0.5, 0.6) is 0 Å². The van der Waals surface area contributed by atoms with E-state index >= 15 is 0 Å². The molecule has 2 aliphatic rings. The van der Waals surface area contributed by atoms with Crippen molar-refractivity contribution in [3.63, 3.8) is 0 Å². The van der Waals surface area contributed by atoms with Crippen LogP contribution >= 0.6 is 0 Å². The van der Waals surface area contributed by atoms with Crippen LogP contribution in [0.4, 0.5) is 4.79 Å². The Labute approximate surface area is 158 Å². The van der Waals surface area contributed by atoms with Gasteiger partial charge in [-0.05, 0) is 37.0 Å². The number of hydrogen-bond donors (Lipinski definition) is 1. The van der Waals surface area contributed by atoms with Gasteiger partial charge in [0, 0.05) is 51.4 Å². The van der Waals surface area contributed by atoms with E-state index in [4.69, 9.17) is 4.42 Å². The van der Waals surface area contributed by atoms with Gasteiger partial charge in [0.2, 0.25) is 0 Å². The van der Waals surface area contributed by atoms with E-state index < -0.39 is 0 Å². The number of nitrogens with zero attached hydrogens (tertiary/aromatic N) is 4. The molecule has 8 heteroatoms. The van der Waals surface area contributed by atoms with Gasteiger partial charge in [-0.2, -0.15) is 5.10 Å². The molecule has 0 aliphatic carbocycles. The van der Waals surface area contributed by atoms with Crippen LogP contribution in [0.3, 0.4) is 0 Å². The highest BCUT2D eigenvalue weighted by atomic mass is 16.3. The van der Waals surface area contributed by atoms with Crippen LogP contribution in [0.15, 0.2) is 35.2 Å². The summed E-state index contributed by atoms with van der Waals surface area (Å²) in [6, 6.07) is 3.50. The molecule has 2 aromatic heterocycles. The van der Waals surface area contributed by atoms with Crippen molar-refractivity contribution < 1.29 is 14.0 Å². The fourth-order valence-electron chi connectivity index (χ4n) is 3.92. The molecule has 4 heterocycles. The van der Waals surface area contributed by atoms with Crippen molar-refractivity contribution in [3.8, 4) is 0 Å². The Kier molecular flexibility index (Phi) is 4.87. The zero-order chi connectivity index (χ0) is 18.8. The van der Waals surface area contributed by atoms with Crippen LogP contribution < -0.4 is 5.32 Å². The van der Waals surface area contributed by atoms with E-state index in [9.17, 15) is 9.59 Å². The lowest BCUT2D eigenvalue weighted by Gasteiger charge is -2.32. The largest absolute Gasteiger partial charge is 0.459 e. The Bertz CT molecular complexity index is 792. The number of amides is 3. The number of urea groups is 1. The molecule has 2 saturated heterocycles. The first kappa shape index (κ1) is 17.6. The molecule has 1 atom stereocenters. The maximum atomic E-state index is 12.6. The molecule has 27 heavy (non-hydrogen) atoms. The summed E-state index contributed by atoms with van der Waals surface area (Å²) in [5, 5.41) is 7.36. The standard InChI is InChI=1S/C19H25N5O3/c1-22-12-15(11-20-22)14-4-7-24(13-14)19(26)21-16-5-8-23(9-6-16)18(25)17-3-2-10-27-17/h2-3,10-12,14,16H,4-9,13H2,1H3,(H,21,26). The topological polar surface area (TPSA) is 83.6 Å². The first-order valence-electron chi connectivity index (χ1n) is 9.47. The number of carbonyl (C=O) groups is 2. The lowest BCUT2D eigenvalue weighted by Crippen LogP contribution is -2.49. The molecule has 4 rings (SSSR count). The molecule has 0 radical (unpaired) electrons. The van der Waals surface area contributed by atoms with Crippen LogP contribution in [0.1, 0.15) is 41.3 Å². The molecule has 2 aliphatic heterocycles. The summed E-state index contributed by atoms with van der Waals surface area (Å²) >= 11 is 0. The van der Waals surface area contributed by atoms with Gasteiger partial charge in [0.05, 0.1) is 12.5 Å². The van der Waals surface area contributed by atoms with E-state index in [-0.39, 0.29) is 18.0 Å². The minimum absolute atomic E-state index is 0.00259. The molecule has 2 fully saturated rings. The monoisotopic (exact) mass is 371 g/mol. The highest BCUT2D eigenvalue weighted by Gasteiger charge is 2.31. The molecule has 0 saturated carbocycles. The second-order valence-electron chi connectivity index (χ2n) is 7.37. The molecule has 3 amide bonds. The first-order valence-corrected chi connectivity index (χ1v) is 9.47. The molecular weight excluding hydrogens is 346 g/mol. The highest BCUT2D eigenvalue weighted by Crippen LogP contribution is 2.27. The average molecular weight is 371 g/mol. The van der Waals surface area contributed by atoms with Crippen LogP contribution in [0, 0.1) is 0 Å². The number of furan rings is 1. The zero-order valence-corrected chi connectivity index (χ0v) is 15.5. The van der Waals surface area contributed by atoms with Crippen molar-refractivity contribution in [1.29, 1.82) is 0 Å². The fourth-order valence-corrected chi connectivity index (χ4v) is 3.92. The minimum Gasteiger partial charge on any atom is -0.459 e. The summed E-state index contributed by atoms with van der Waals surface area (Å²) in [6.45, 7) is 2.75. The van der Waals surface area contributed by atoms with Gasteiger partial charge in [-0.1, -0.05) is 0 Å². The second kappa shape index (κ2) is 7.46. The second-order valence-corrected chi connectivity index (χ2v) is 7.37. The van der Waals surface area contributed by atoms with Crippen molar-refractivity contribution in [3.05, 3.63) is 42.1 Å². The van der Waals surface area contributed by atoms with Crippen LogP contribution in [-0.2, 0) is 7.05 Å². The number of likely N-dealkylation sites (tertiary alicyclic amines) is 2. The van der Waals surface area contributed by atoms with Gasteiger partial charge < -0.3 is 19.5 Å². The Morgan fingerprint density at radius 1 is 1.19 bits per heavy atom. The van der Waals surface area contributed by atoms with E-state index in [1.54, 1.807) is 21.7 Å². The third-order valence-corrected chi connectivity index (χ3v) is 5.51. The average Bonchev–Trinajstić information content (AvgIpc) is 3.43. The minimum atomic E-state index is -0.0800. The van der Waals surface area contributed by atoms with E-state index in [0.717, 1.165) is 32.4 Å². The van der Waals surface area contributed by atoms with Crippen LogP contribution in [-0.4, -0.2) is 63.7 Å². The molecule has 144 valence electrons. The van der Waals surface area contributed by atoms with E-state index in [1.165, 1.54) is 11.8 Å². The smallest absolute Gasteiger partial charge is 0.317 e. The number of nitrogens with one attached hydrogen (secondary N) is 1. The molecule has 0 bridgehead atoms. The molecule has 1 N–H and O–H groups in total. The maximum absolute atomic E-state index is 12.6. The molecular formula is C19H25N5O3. The van der Waals surface area contributed by atoms with Crippen molar-refractivity contribution in [2.24, 2.45) is 7.05 Å². The zero-order valence-electron chi connectivity index (χ0n) is 15.5. The predicted octanol–water partition coefficient (Wildman–Crippen LogP) is 1.82. The van der Waals surface area contributed by atoms with E-state index in [0.29, 0.717) is 24.8 Å². The SMILES string of the molecule is Cn1cc(C2CCN(C(=O)NC3CCN(C(=O)c4ccco4)CC3)C2)cn1. The Balaban J connectivity index is 1.24. The van der Waals surface area contributed by atoms with Gasteiger partial charge >= 0.3 is 6.03 Å². The van der Waals surface area contributed by atoms with Gasteiger partial charge in [0.1, 0.15) is 0 Å². The van der Waals surface area contributed by atoms with Crippen molar-refractivity contribution in [2.45, 2.75) is 31.2 Å². The van der Waals surface area contributed by atoms with Crippen LogP contribution in [0.25, 0.3) is 0 Å². The normalized spacial score (nSPS) is 20.9. The molecule has 0 spiro atoms. The third-order valence-electron chi connectivity index (χ3n) is 5.51. The number of aromatic nitrogens is 2. The fraction of sp³-hybridized carbons (Fsp3) is 0.526. The van der Waals surface area contributed by atoms with Gasteiger partial charge in [-0.25, -0.2) is 4.79 Å². The van der Waals surface area contributed by atoms with Gasteiger partial charge in [-0.15, -0.1) is 0 Å². The van der Waals surface area contributed by atoms with Crippen molar-refractivity contribution in [2.75, 3.05) is 26.2 Å². The summed E-state index contributed by atoms with van der Waals surface area (Å²) in [4.78, 5) is 28.6. The van der Waals surface area contributed by atoms with Gasteiger partial charge in [0.15, 0.2) is 5.76 Å². The Hall–Kier alpha value is -2.77. The van der Waals surface area contributed by atoms with Crippen molar-refractivity contribution >= 4 is 11.9 Å². The number of aryl methyl sites for hydroxylation is 1. The first-order chi connectivity index (χ1) is 13.1. The molecule has 2 aromatic rings. The van der Waals surface area contributed by atoms with Crippen LogP contribution in [0.2, 0.25) is 0 Å². The summed E-state index contributed by atoms with van der Waals surface area (Å²) in [5.74, 6) is 0.650. The van der Waals surface area contributed by atoms with E-state index in [1.807, 2.05) is 24.3 Å². The summed E-state index contributed by atoms with van der Waals surface area (Å²) < 4.78 is 6.98. The number of piperidine rings is 1. The van der Waals surface area contributed by atoms with Gasteiger partial charge in [-0.3, -0.25) is 9.48 Å². The van der Waals surface area contributed by atoms with Crippen molar-refractivity contribution in [1.82, 2.24) is 24.9 Å². The maximum Gasteiger partial charge on any atom is 0.317 e. The highest BCUT2D eigenvalue weighted by molar-refractivity contribution is 5.91. The predicted molar refractivity (Wildman–Crippen MR) is 98.3 cm³/mol. The number of hydrogen-bond acceptors (Lipinski definition) is 4. The molecule has 8 nitrogen and oxygen atoms in total. The summed E-state index contributed by atoms with van der Waals surface area (Å²) in [5.41, 5.74) is 1.19. The lowest BCUT2D eigenvalue weighted by molar-refractivity contribution is 0.0674. The molecule has 0 aromatic carbocycles. The number of carbonyl (C=O) groups excluding carboxylic acids is 2. The Morgan fingerprint density at radius 2 is 1.96 bits per heavy atom. The van der Waals surface area contributed by atoms with E-state index in [2.05, 4.69) is 10.4 Å². The van der Waals surface area contributed by atoms with Gasteiger partial charge in [0.25, 0.3) is 5.91 Å². The quantitative estimate of drug-likeness (QED) is 0.892. The third kappa shape index (κ3) is 3.84. The molecule has 1 unspecified atom stereocenters. The lowest BCUT2D eigenvalue weighted by atomic mass is 10.0.